The van der Waals surface area contributed by atoms with E-state index in [1.807, 2.05) is 44.2 Å². The number of aliphatic hydroxyl groups excluding tert-OH is 1. The molecule has 5 rings (SSSR count). The van der Waals surface area contributed by atoms with Crippen LogP contribution in [-0.2, 0) is 30.7 Å². The van der Waals surface area contributed by atoms with Crippen LogP contribution in [0.4, 0.5) is 0 Å². The van der Waals surface area contributed by atoms with Gasteiger partial charge in [0.1, 0.15) is 11.9 Å². The van der Waals surface area contributed by atoms with E-state index in [0.29, 0.717) is 36.0 Å². The van der Waals surface area contributed by atoms with E-state index in [2.05, 4.69) is 0 Å². The highest BCUT2D eigenvalue weighted by molar-refractivity contribution is 7.89. The molecule has 2 saturated carbocycles. The average Bonchev–Trinajstić information content (AvgIpc) is 3.55. The van der Waals surface area contributed by atoms with Gasteiger partial charge >= 0.3 is 5.97 Å². The Balaban J connectivity index is 1.31. The van der Waals surface area contributed by atoms with Crippen LogP contribution in [-0.4, -0.2) is 68.9 Å². The molecule has 8 nitrogen and oxygen atoms in total. The van der Waals surface area contributed by atoms with Crippen LogP contribution in [0.5, 0.6) is 5.75 Å². The maximum absolute atomic E-state index is 13.7. The molecular weight excluding hydrogens is 554 g/mol. The van der Waals surface area contributed by atoms with Gasteiger partial charge in [0.05, 0.1) is 37.2 Å². The second-order valence-corrected chi connectivity index (χ2v) is 14.6. The molecule has 0 bridgehead atoms. The third kappa shape index (κ3) is 7.01. The van der Waals surface area contributed by atoms with Crippen molar-refractivity contribution in [3.63, 3.8) is 0 Å². The fourth-order valence-electron chi connectivity index (χ4n) is 7.31. The third-order valence-electron chi connectivity index (χ3n) is 9.28. The summed E-state index contributed by atoms with van der Waals surface area (Å²) in [5.41, 5.74) is 0.977. The number of benzene rings is 2. The SMILES string of the molecule is COc1ccc(S(=O)(=O)N(CC(C)C)C[C@@H](O)C(CC(=O)O[C@H]2CC3CO[C@H]4CCCC2[C@@H]34)Cc2ccccc2)cc1. The van der Waals surface area contributed by atoms with Gasteiger partial charge in [-0.2, -0.15) is 4.31 Å². The lowest BCUT2D eigenvalue weighted by Gasteiger charge is -2.33. The lowest BCUT2D eigenvalue weighted by Crippen LogP contribution is -2.43. The van der Waals surface area contributed by atoms with Gasteiger partial charge in [0.25, 0.3) is 0 Å². The number of hydrogen-bond acceptors (Lipinski definition) is 7. The largest absolute Gasteiger partial charge is 0.497 e. The summed E-state index contributed by atoms with van der Waals surface area (Å²) >= 11 is 0. The molecule has 7 atom stereocenters. The Labute approximate surface area is 250 Å². The molecule has 3 aliphatic rings. The first-order chi connectivity index (χ1) is 20.2. The van der Waals surface area contributed by atoms with E-state index in [4.69, 9.17) is 14.2 Å². The van der Waals surface area contributed by atoms with Gasteiger partial charge in [-0.05, 0) is 73.3 Å². The molecule has 2 aromatic rings. The van der Waals surface area contributed by atoms with Crippen LogP contribution >= 0.6 is 0 Å². The molecule has 0 amide bonds. The van der Waals surface area contributed by atoms with Gasteiger partial charge in [0.15, 0.2) is 0 Å². The Kier molecular flexibility index (Phi) is 9.92. The summed E-state index contributed by atoms with van der Waals surface area (Å²) in [4.78, 5) is 13.6. The van der Waals surface area contributed by atoms with E-state index in [1.165, 1.54) is 23.5 Å². The quantitative estimate of drug-likeness (QED) is 0.333. The Hall–Kier alpha value is -2.46. The van der Waals surface area contributed by atoms with Crippen LogP contribution in [0.25, 0.3) is 0 Å². The molecule has 2 aromatic carbocycles. The average molecular weight is 600 g/mol. The zero-order valence-electron chi connectivity index (χ0n) is 24.9. The molecule has 42 heavy (non-hydrogen) atoms. The molecule has 0 spiro atoms. The maximum atomic E-state index is 13.7. The monoisotopic (exact) mass is 599 g/mol. The zero-order valence-corrected chi connectivity index (χ0v) is 25.7. The highest BCUT2D eigenvalue weighted by Gasteiger charge is 2.53. The Morgan fingerprint density at radius 3 is 2.50 bits per heavy atom. The summed E-state index contributed by atoms with van der Waals surface area (Å²) < 4.78 is 46.1. The normalized spacial score (nSPS) is 26.7. The predicted octanol–water partition coefficient (Wildman–Crippen LogP) is 4.70. The fourth-order valence-corrected chi connectivity index (χ4v) is 8.94. The number of rotatable bonds is 13. The summed E-state index contributed by atoms with van der Waals surface area (Å²) in [7, 11) is -2.37. The van der Waals surface area contributed by atoms with Gasteiger partial charge < -0.3 is 19.3 Å². The summed E-state index contributed by atoms with van der Waals surface area (Å²) in [6.07, 6.45) is 3.66. The topological polar surface area (TPSA) is 102 Å². The van der Waals surface area contributed by atoms with Crippen molar-refractivity contribution >= 4 is 16.0 Å². The molecule has 230 valence electrons. The Bertz CT molecular complexity index is 1280. The molecule has 1 N–H and O–H groups in total. The van der Waals surface area contributed by atoms with Crippen molar-refractivity contribution in [2.24, 2.45) is 29.6 Å². The standard InChI is InChI=1S/C33H45NO7S/c1-22(2)19-34(42(37,38)27-14-12-26(39-3)13-15-27)20-29(35)24(16-23-8-5-4-6-9-23)18-32(36)41-31-17-25-21-40-30-11-7-10-28(31)33(25)30/h4-6,8-9,12-15,22,24-25,28-31,33,35H,7,10-11,16-21H2,1-3H3/t24?,25?,28?,29-,30+,31+,33-/m1/s1. The van der Waals surface area contributed by atoms with Crippen LogP contribution in [0.3, 0.4) is 0 Å². The van der Waals surface area contributed by atoms with Gasteiger partial charge in [-0.15, -0.1) is 0 Å². The van der Waals surface area contributed by atoms with Crippen molar-refractivity contribution in [3.05, 3.63) is 60.2 Å². The number of esters is 1. The minimum atomic E-state index is -3.90. The number of ether oxygens (including phenoxy) is 3. The Morgan fingerprint density at radius 1 is 1.07 bits per heavy atom. The minimum Gasteiger partial charge on any atom is -0.497 e. The summed E-state index contributed by atoms with van der Waals surface area (Å²) in [5.74, 6) is 1.04. The van der Waals surface area contributed by atoms with Gasteiger partial charge in [0.2, 0.25) is 10.0 Å². The van der Waals surface area contributed by atoms with Crippen LogP contribution in [0, 0.1) is 29.6 Å². The number of carbonyl (C=O) groups excluding carboxylic acids is 1. The van der Waals surface area contributed by atoms with Crippen molar-refractivity contribution < 1.29 is 32.5 Å². The number of nitrogens with zero attached hydrogens (tertiary/aromatic N) is 1. The van der Waals surface area contributed by atoms with Crippen molar-refractivity contribution in [3.8, 4) is 5.75 Å². The first-order valence-corrected chi connectivity index (χ1v) is 16.8. The van der Waals surface area contributed by atoms with E-state index < -0.39 is 22.0 Å². The maximum Gasteiger partial charge on any atom is 0.306 e. The van der Waals surface area contributed by atoms with E-state index in [-0.39, 0.29) is 42.4 Å². The highest BCUT2D eigenvalue weighted by atomic mass is 32.2. The van der Waals surface area contributed by atoms with Crippen LogP contribution in [0.2, 0.25) is 0 Å². The first kappa shape index (κ1) is 31.0. The minimum absolute atomic E-state index is 0.0205. The van der Waals surface area contributed by atoms with Crippen molar-refractivity contribution in [1.82, 2.24) is 4.31 Å². The second kappa shape index (κ2) is 13.5. The second-order valence-electron chi connectivity index (χ2n) is 12.7. The van der Waals surface area contributed by atoms with E-state index in [0.717, 1.165) is 37.9 Å². The van der Waals surface area contributed by atoms with Crippen molar-refractivity contribution in [2.75, 3.05) is 26.8 Å². The van der Waals surface area contributed by atoms with E-state index >= 15 is 0 Å². The molecule has 9 heteroatoms. The van der Waals surface area contributed by atoms with Crippen molar-refractivity contribution in [2.45, 2.75) is 75.6 Å². The molecule has 1 aliphatic heterocycles. The molecule has 3 unspecified atom stereocenters. The lowest BCUT2D eigenvalue weighted by molar-refractivity contribution is -0.155. The lowest BCUT2D eigenvalue weighted by atomic mass is 9.77. The number of carbonyl (C=O) groups is 1. The predicted molar refractivity (Wildman–Crippen MR) is 159 cm³/mol. The molecule has 1 saturated heterocycles. The van der Waals surface area contributed by atoms with Gasteiger partial charge in [-0.3, -0.25) is 4.79 Å². The van der Waals surface area contributed by atoms with Gasteiger partial charge in [-0.1, -0.05) is 50.6 Å². The number of hydrogen-bond donors (Lipinski definition) is 1. The molecule has 1 heterocycles. The molecule has 2 aliphatic carbocycles. The molecule has 0 radical (unpaired) electrons. The summed E-state index contributed by atoms with van der Waals surface area (Å²) in [5, 5.41) is 11.6. The number of sulfonamides is 1. The molecule has 3 fully saturated rings. The summed E-state index contributed by atoms with van der Waals surface area (Å²) in [6.45, 7) is 4.76. The number of methoxy groups -OCH3 is 1. The smallest absolute Gasteiger partial charge is 0.306 e. The molecular formula is C33H45NO7S. The van der Waals surface area contributed by atoms with Crippen LogP contribution in [0.15, 0.2) is 59.5 Å². The van der Waals surface area contributed by atoms with Gasteiger partial charge in [0, 0.05) is 24.9 Å². The van der Waals surface area contributed by atoms with E-state index in [1.54, 1.807) is 12.1 Å². The number of aliphatic hydroxyl groups is 1. The fraction of sp³-hybridized carbons (Fsp3) is 0.606. The van der Waals surface area contributed by atoms with Crippen molar-refractivity contribution in [1.29, 1.82) is 0 Å². The van der Waals surface area contributed by atoms with E-state index in [9.17, 15) is 18.3 Å². The Morgan fingerprint density at radius 2 is 1.81 bits per heavy atom. The van der Waals surface area contributed by atoms with Crippen LogP contribution < -0.4 is 4.74 Å². The van der Waals surface area contributed by atoms with Crippen LogP contribution in [0.1, 0.15) is 51.5 Å². The highest BCUT2D eigenvalue weighted by Crippen LogP contribution is 2.52. The zero-order chi connectivity index (χ0) is 29.9. The third-order valence-corrected chi connectivity index (χ3v) is 11.1. The molecule has 0 aromatic heterocycles. The first-order valence-electron chi connectivity index (χ1n) is 15.3. The summed E-state index contributed by atoms with van der Waals surface area (Å²) in [6, 6.07) is 16.0. The van der Waals surface area contributed by atoms with Gasteiger partial charge in [-0.25, -0.2) is 8.42 Å².